The summed E-state index contributed by atoms with van der Waals surface area (Å²) < 4.78 is 2.20. The highest BCUT2D eigenvalue weighted by molar-refractivity contribution is 5.73. The number of aromatic nitrogens is 2. The van der Waals surface area contributed by atoms with Gasteiger partial charge in [0.15, 0.2) is 0 Å². The van der Waals surface area contributed by atoms with Crippen molar-refractivity contribution in [2.24, 2.45) is 5.92 Å². The van der Waals surface area contributed by atoms with Crippen LogP contribution in [-0.2, 0) is 13.0 Å². The Bertz CT molecular complexity index is 486. The van der Waals surface area contributed by atoms with Crippen molar-refractivity contribution in [2.75, 3.05) is 26.7 Å². The molecule has 0 bridgehead atoms. The smallest absolute Gasteiger partial charge is 0.314 e. The van der Waals surface area contributed by atoms with Gasteiger partial charge in [-0.05, 0) is 38.8 Å². The van der Waals surface area contributed by atoms with E-state index >= 15 is 0 Å². The summed E-state index contributed by atoms with van der Waals surface area (Å²) in [5.74, 6) is 1.64. The predicted molar refractivity (Wildman–Crippen MR) is 81.1 cm³/mol. The van der Waals surface area contributed by atoms with Gasteiger partial charge in [-0.3, -0.25) is 0 Å². The Morgan fingerprint density at radius 3 is 3.00 bits per heavy atom. The Labute approximate surface area is 125 Å². The molecule has 3 heterocycles. The van der Waals surface area contributed by atoms with Crippen LogP contribution in [0.2, 0.25) is 0 Å². The largest absolute Gasteiger partial charge is 0.338 e. The molecule has 3 rings (SSSR count). The van der Waals surface area contributed by atoms with E-state index in [0.717, 1.165) is 44.8 Å². The molecule has 0 aromatic carbocycles. The Balaban J connectivity index is 1.36. The van der Waals surface area contributed by atoms with Gasteiger partial charge >= 0.3 is 6.03 Å². The van der Waals surface area contributed by atoms with Gasteiger partial charge in [0.05, 0.1) is 0 Å². The van der Waals surface area contributed by atoms with E-state index in [4.69, 9.17) is 0 Å². The molecule has 1 aromatic heterocycles. The van der Waals surface area contributed by atoms with Crippen molar-refractivity contribution in [1.82, 2.24) is 25.1 Å². The van der Waals surface area contributed by atoms with Crippen LogP contribution in [0.25, 0.3) is 0 Å². The summed E-state index contributed by atoms with van der Waals surface area (Å²) >= 11 is 0. The minimum absolute atomic E-state index is 0.0378. The van der Waals surface area contributed by atoms with Crippen LogP contribution in [0.15, 0.2) is 12.4 Å². The van der Waals surface area contributed by atoms with Gasteiger partial charge < -0.3 is 20.1 Å². The number of nitrogens with zero attached hydrogens (tertiary/aromatic N) is 3. The second kappa shape index (κ2) is 6.47. The summed E-state index contributed by atoms with van der Waals surface area (Å²) in [4.78, 5) is 18.6. The average Bonchev–Trinajstić information content (AvgIpc) is 3.11. The van der Waals surface area contributed by atoms with E-state index in [0.29, 0.717) is 12.0 Å². The molecule has 1 saturated heterocycles. The zero-order chi connectivity index (χ0) is 14.7. The van der Waals surface area contributed by atoms with Crippen molar-refractivity contribution in [3.05, 3.63) is 18.2 Å². The summed E-state index contributed by atoms with van der Waals surface area (Å²) in [5.41, 5.74) is 0. The van der Waals surface area contributed by atoms with Crippen LogP contribution >= 0.6 is 0 Å². The van der Waals surface area contributed by atoms with Crippen molar-refractivity contribution < 1.29 is 4.79 Å². The van der Waals surface area contributed by atoms with Crippen LogP contribution < -0.4 is 10.6 Å². The van der Waals surface area contributed by atoms with Crippen molar-refractivity contribution in [1.29, 1.82) is 0 Å². The number of aryl methyl sites for hydroxylation is 1. The van der Waals surface area contributed by atoms with Gasteiger partial charge in [-0.1, -0.05) is 0 Å². The van der Waals surface area contributed by atoms with Crippen molar-refractivity contribution in [2.45, 2.75) is 38.3 Å². The second-order valence-corrected chi connectivity index (χ2v) is 6.26. The molecule has 0 saturated carbocycles. The van der Waals surface area contributed by atoms with Crippen LogP contribution in [0.4, 0.5) is 4.79 Å². The third kappa shape index (κ3) is 3.56. The zero-order valence-electron chi connectivity index (χ0n) is 12.7. The van der Waals surface area contributed by atoms with Crippen LogP contribution in [-0.4, -0.2) is 53.2 Å². The summed E-state index contributed by atoms with van der Waals surface area (Å²) in [6.07, 6.45) is 8.37. The van der Waals surface area contributed by atoms with E-state index in [2.05, 4.69) is 32.1 Å². The maximum Gasteiger partial charge on any atom is 0.314 e. The molecule has 116 valence electrons. The summed E-state index contributed by atoms with van der Waals surface area (Å²) in [6.45, 7) is 3.63. The fourth-order valence-electron chi connectivity index (χ4n) is 3.34. The number of carbonyl (C=O) groups is 1. The first-order valence-corrected chi connectivity index (χ1v) is 7.94. The van der Waals surface area contributed by atoms with Crippen LogP contribution in [0.5, 0.6) is 0 Å². The first-order chi connectivity index (χ1) is 10.2. The standard InChI is InChI=1S/C15H25N5O/c1-19-6-2-3-13(19)11-18-15(21)17-10-12-4-7-20-8-5-16-14(20)9-12/h5,8,12-13H,2-4,6-7,9-11H2,1H3,(H2,17,18,21). The number of hydrogen-bond acceptors (Lipinski definition) is 3. The molecule has 1 aromatic rings. The quantitative estimate of drug-likeness (QED) is 0.864. The summed E-state index contributed by atoms with van der Waals surface area (Å²) in [7, 11) is 2.13. The molecule has 1 fully saturated rings. The lowest BCUT2D eigenvalue weighted by Gasteiger charge is -2.24. The average molecular weight is 291 g/mol. The number of hydrogen-bond donors (Lipinski definition) is 2. The zero-order valence-corrected chi connectivity index (χ0v) is 12.7. The van der Waals surface area contributed by atoms with Crippen molar-refractivity contribution in [3.63, 3.8) is 0 Å². The lowest BCUT2D eigenvalue weighted by atomic mass is 9.98. The molecule has 2 aliphatic rings. The molecule has 2 atom stereocenters. The third-order valence-corrected chi connectivity index (χ3v) is 4.77. The van der Waals surface area contributed by atoms with E-state index in [1.54, 1.807) is 0 Å². The minimum atomic E-state index is -0.0378. The molecule has 2 amide bonds. The second-order valence-electron chi connectivity index (χ2n) is 6.26. The Kier molecular flexibility index (Phi) is 4.43. The fourth-order valence-corrected chi connectivity index (χ4v) is 3.34. The number of rotatable bonds is 4. The summed E-state index contributed by atoms with van der Waals surface area (Å²) in [6, 6.07) is 0.460. The summed E-state index contributed by atoms with van der Waals surface area (Å²) in [5, 5.41) is 6.00. The predicted octanol–water partition coefficient (Wildman–Crippen LogP) is 0.839. The molecule has 6 heteroatoms. The minimum Gasteiger partial charge on any atom is -0.338 e. The van der Waals surface area contributed by atoms with E-state index in [1.807, 2.05) is 12.4 Å². The van der Waals surface area contributed by atoms with Gasteiger partial charge in [0.25, 0.3) is 0 Å². The maximum atomic E-state index is 11.9. The monoisotopic (exact) mass is 291 g/mol. The lowest BCUT2D eigenvalue weighted by Crippen LogP contribution is -2.44. The fraction of sp³-hybridized carbons (Fsp3) is 0.733. The van der Waals surface area contributed by atoms with Gasteiger partial charge in [0.1, 0.15) is 5.82 Å². The maximum absolute atomic E-state index is 11.9. The van der Waals surface area contributed by atoms with E-state index in [1.165, 1.54) is 12.8 Å². The SMILES string of the molecule is CN1CCCC1CNC(=O)NCC1CCn2ccnc2C1. The first-order valence-electron chi connectivity index (χ1n) is 7.94. The topological polar surface area (TPSA) is 62.2 Å². The van der Waals surface area contributed by atoms with Gasteiger partial charge in [0.2, 0.25) is 0 Å². The van der Waals surface area contributed by atoms with Gasteiger partial charge in [-0.15, -0.1) is 0 Å². The molecule has 6 nitrogen and oxygen atoms in total. The molecule has 0 aliphatic carbocycles. The van der Waals surface area contributed by atoms with Crippen LogP contribution in [0.3, 0.4) is 0 Å². The van der Waals surface area contributed by atoms with Crippen molar-refractivity contribution in [3.8, 4) is 0 Å². The lowest BCUT2D eigenvalue weighted by molar-refractivity contribution is 0.231. The molecule has 2 aliphatic heterocycles. The molecule has 2 unspecified atom stereocenters. The number of imidazole rings is 1. The van der Waals surface area contributed by atoms with Gasteiger partial charge in [-0.25, -0.2) is 9.78 Å². The normalized spacial score (nSPS) is 25.6. The van der Waals surface area contributed by atoms with Crippen molar-refractivity contribution >= 4 is 6.03 Å². The highest BCUT2D eigenvalue weighted by Crippen LogP contribution is 2.18. The van der Waals surface area contributed by atoms with E-state index in [-0.39, 0.29) is 6.03 Å². The van der Waals surface area contributed by atoms with Crippen LogP contribution in [0, 0.1) is 5.92 Å². The number of nitrogens with one attached hydrogen (secondary N) is 2. The Morgan fingerprint density at radius 2 is 2.19 bits per heavy atom. The third-order valence-electron chi connectivity index (χ3n) is 4.77. The van der Waals surface area contributed by atoms with E-state index in [9.17, 15) is 4.79 Å². The molecule has 21 heavy (non-hydrogen) atoms. The Hall–Kier alpha value is -1.56. The number of amides is 2. The first kappa shape index (κ1) is 14.4. The number of likely N-dealkylation sites (tertiary alicyclic amines) is 1. The highest BCUT2D eigenvalue weighted by Gasteiger charge is 2.22. The highest BCUT2D eigenvalue weighted by atomic mass is 16.2. The van der Waals surface area contributed by atoms with E-state index < -0.39 is 0 Å². The number of urea groups is 1. The van der Waals surface area contributed by atoms with Gasteiger partial charge in [-0.2, -0.15) is 0 Å². The number of likely N-dealkylation sites (N-methyl/N-ethyl adjacent to an activating group) is 1. The molecule has 0 radical (unpaired) electrons. The number of fused-ring (bicyclic) bond motifs is 1. The van der Waals surface area contributed by atoms with Gasteiger partial charge in [0, 0.05) is 44.5 Å². The van der Waals surface area contributed by atoms with Crippen LogP contribution in [0.1, 0.15) is 25.1 Å². The Morgan fingerprint density at radius 1 is 1.33 bits per heavy atom. The molecular formula is C15H25N5O. The molecule has 0 spiro atoms. The number of carbonyl (C=O) groups excluding carboxylic acids is 1. The molecule has 2 N–H and O–H groups in total. The molecular weight excluding hydrogens is 266 g/mol.